The van der Waals surface area contributed by atoms with Crippen LogP contribution in [0.5, 0.6) is 0 Å². The number of amides is 2. The summed E-state index contributed by atoms with van der Waals surface area (Å²) >= 11 is 1.28. The van der Waals surface area contributed by atoms with Gasteiger partial charge in [-0.15, -0.1) is 10.2 Å². The van der Waals surface area contributed by atoms with Gasteiger partial charge in [0.1, 0.15) is 5.82 Å². The SMILES string of the molecule is CCOC(=O)N1CCN(C(=O)CSc2nnc(-c3ccccc3)n2-c2ccc(F)cc2)CC1. The summed E-state index contributed by atoms with van der Waals surface area (Å²) in [7, 11) is 0. The lowest BCUT2D eigenvalue weighted by Crippen LogP contribution is -2.51. The van der Waals surface area contributed by atoms with Crippen molar-refractivity contribution in [1.29, 1.82) is 0 Å². The van der Waals surface area contributed by atoms with Crippen molar-refractivity contribution in [3.63, 3.8) is 0 Å². The number of rotatable bonds is 6. The molecule has 1 fully saturated rings. The van der Waals surface area contributed by atoms with Crippen molar-refractivity contribution in [3.8, 4) is 17.1 Å². The molecule has 0 bridgehead atoms. The summed E-state index contributed by atoms with van der Waals surface area (Å²) < 4.78 is 20.4. The number of carbonyl (C=O) groups excluding carboxylic acids is 2. The van der Waals surface area contributed by atoms with E-state index in [2.05, 4.69) is 10.2 Å². The topological polar surface area (TPSA) is 80.6 Å². The minimum atomic E-state index is -0.347. The van der Waals surface area contributed by atoms with Crippen LogP contribution in [0.3, 0.4) is 0 Å². The van der Waals surface area contributed by atoms with Gasteiger partial charge in [0.15, 0.2) is 11.0 Å². The highest BCUT2D eigenvalue weighted by atomic mass is 32.2. The summed E-state index contributed by atoms with van der Waals surface area (Å²) in [4.78, 5) is 28.0. The fraction of sp³-hybridized carbons (Fsp3) is 0.304. The Morgan fingerprint density at radius 3 is 2.30 bits per heavy atom. The lowest BCUT2D eigenvalue weighted by atomic mass is 10.2. The monoisotopic (exact) mass is 469 g/mol. The van der Waals surface area contributed by atoms with Gasteiger partial charge >= 0.3 is 6.09 Å². The molecule has 2 aromatic carbocycles. The second kappa shape index (κ2) is 10.5. The average Bonchev–Trinajstić information content (AvgIpc) is 3.28. The van der Waals surface area contributed by atoms with Crippen LogP contribution in [0.4, 0.5) is 9.18 Å². The maximum Gasteiger partial charge on any atom is 0.409 e. The van der Waals surface area contributed by atoms with Crippen LogP contribution in [0.1, 0.15) is 6.92 Å². The zero-order chi connectivity index (χ0) is 23.2. The number of nitrogens with zero attached hydrogens (tertiary/aromatic N) is 5. The quantitative estimate of drug-likeness (QED) is 0.515. The Morgan fingerprint density at radius 1 is 0.970 bits per heavy atom. The van der Waals surface area contributed by atoms with Crippen LogP contribution in [-0.4, -0.2) is 75.1 Å². The molecule has 3 aromatic rings. The van der Waals surface area contributed by atoms with Gasteiger partial charge in [-0.05, 0) is 31.2 Å². The molecule has 0 N–H and O–H groups in total. The standard InChI is InChI=1S/C23H24FN5O3S/c1-2-32-23(31)28-14-12-27(13-15-28)20(30)16-33-22-26-25-21(17-6-4-3-5-7-17)29(22)19-10-8-18(24)9-11-19/h3-11H,2,12-16H2,1H3. The predicted molar refractivity (Wildman–Crippen MR) is 123 cm³/mol. The average molecular weight is 470 g/mol. The molecule has 8 nitrogen and oxygen atoms in total. The molecule has 0 saturated carbocycles. The van der Waals surface area contributed by atoms with E-state index in [4.69, 9.17) is 4.74 Å². The van der Waals surface area contributed by atoms with Crippen molar-refractivity contribution in [2.75, 3.05) is 38.5 Å². The van der Waals surface area contributed by atoms with E-state index >= 15 is 0 Å². The first-order valence-electron chi connectivity index (χ1n) is 10.7. The first-order valence-corrected chi connectivity index (χ1v) is 11.6. The van der Waals surface area contributed by atoms with Crippen LogP contribution in [0, 0.1) is 5.82 Å². The Kier molecular flexibility index (Phi) is 7.23. The largest absolute Gasteiger partial charge is 0.450 e. The predicted octanol–water partition coefficient (Wildman–Crippen LogP) is 3.47. The fourth-order valence-corrected chi connectivity index (χ4v) is 4.39. The van der Waals surface area contributed by atoms with Gasteiger partial charge in [-0.3, -0.25) is 9.36 Å². The van der Waals surface area contributed by atoms with Crippen LogP contribution in [0.15, 0.2) is 59.8 Å². The first kappa shape index (κ1) is 22.8. The summed E-state index contributed by atoms with van der Waals surface area (Å²) in [6.45, 7) is 3.89. The van der Waals surface area contributed by atoms with E-state index in [1.165, 1.54) is 23.9 Å². The molecule has 2 amide bonds. The van der Waals surface area contributed by atoms with Gasteiger partial charge in [0.2, 0.25) is 5.91 Å². The Morgan fingerprint density at radius 2 is 1.64 bits per heavy atom. The fourth-order valence-electron chi connectivity index (χ4n) is 3.53. The summed E-state index contributed by atoms with van der Waals surface area (Å²) in [6, 6.07) is 15.7. The molecule has 10 heteroatoms. The Balaban J connectivity index is 1.47. The van der Waals surface area contributed by atoms with Crippen molar-refractivity contribution in [2.24, 2.45) is 0 Å². The minimum Gasteiger partial charge on any atom is -0.450 e. The number of ether oxygens (including phenoxy) is 1. The molecule has 4 rings (SSSR count). The zero-order valence-electron chi connectivity index (χ0n) is 18.2. The van der Waals surface area contributed by atoms with Gasteiger partial charge < -0.3 is 14.5 Å². The summed E-state index contributed by atoms with van der Waals surface area (Å²) in [6.07, 6.45) is -0.347. The normalized spacial score (nSPS) is 13.8. The van der Waals surface area contributed by atoms with Crippen molar-refractivity contribution < 1.29 is 18.7 Å². The molecule has 0 atom stereocenters. The number of hydrogen-bond acceptors (Lipinski definition) is 6. The third-order valence-electron chi connectivity index (χ3n) is 5.23. The summed E-state index contributed by atoms with van der Waals surface area (Å²) in [5.74, 6) is 0.408. The van der Waals surface area contributed by atoms with E-state index in [1.807, 2.05) is 34.9 Å². The summed E-state index contributed by atoms with van der Waals surface area (Å²) in [5.41, 5.74) is 1.57. The zero-order valence-corrected chi connectivity index (χ0v) is 19.0. The van der Waals surface area contributed by atoms with E-state index in [1.54, 1.807) is 28.9 Å². The molecule has 1 aliphatic rings. The van der Waals surface area contributed by atoms with Gasteiger partial charge in [0, 0.05) is 37.4 Å². The third kappa shape index (κ3) is 5.33. The second-order valence-corrected chi connectivity index (χ2v) is 8.28. The Bertz CT molecular complexity index is 1100. The molecular formula is C23H24FN5O3S. The molecule has 1 saturated heterocycles. The number of thioether (sulfide) groups is 1. The van der Waals surface area contributed by atoms with Gasteiger partial charge in [-0.25, -0.2) is 9.18 Å². The summed E-state index contributed by atoms with van der Waals surface area (Å²) in [5, 5.41) is 9.18. The van der Waals surface area contributed by atoms with Crippen LogP contribution in [0.2, 0.25) is 0 Å². The molecule has 0 unspecified atom stereocenters. The number of hydrogen-bond donors (Lipinski definition) is 0. The molecular weight excluding hydrogens is 445 g/mol. The van der Waals surface area contributed by atoms with E-state index in [0.717, 1.165) is 5.56 Å². The van der Waals surface area contributed by atoms with Crippen molar-refractivity contribution in [2.45, 2.75) is 12.1 Å². The van der Waals surface area contributed by atoms with Gasteiger partial charge in [0.05, 0.1) is 12.4 Å². The third-order valence-corrected chi connectivity index (χ3v) is 6.15. The van der Waals surface area contributed by atoms with E-state index in [9.17, 15) is 14.0 Å². The first-order chi connectivity index (χ1) is 16.1. The van der Waals surface area contributed by atoms with Crippen molar-refractivity contribution >= 4 is 23.8 Å². The number of carbonyl (C=O) groups is 2. The van der Waals surface area contributed by atoms with E-state index in [0.29, 0.717) is 49.5 Å². The van der Waals surface area contributed by atoms with Crippen LogP contribution < -0.4 is 0 Å². The maximum atomic E-state index is 13.5. The highest BCUT2D eigenvalue weighted by molar-refractivity contribution is 7.99. The van der Waals surface area contributed by atoms with Crippen LogP contribution >= 0.6 is 11.8 Å². The highest BCUT2D eigenvalue weighted by Crippen LogP contribution is 2.28. The number of piperazine rings is 1. The van der Waals surface area contributed by atoms with E-state index < -0.39 is 0 Å². The second-order valence-electron chi connectivity index (χ2n) is 7.34. The molecule has 2 heterocycles. The van der Waals surface area contributed by atoms with Crippen molar-refractivity contribution in [3.05, 3.63) is 60.4 Å². The smallest absolute Gasteiger partial charge is 0.409 e. The number of benzene rings is 2. The number of aromatic nitrogens is 3. The van der Waals surface area contributed by atoms with Crippen LogP contribution in [-0.2, 0) is 9.53 Å². The Labute approximate surface area is 195 Å². The molecule has 1 aliphatic heterocycles. The molecule has 33 heavy (non-hydrogen) atoms. The van der Waals surface area contributed by atoms with E-state index in [-0.39, 0.29) is 23.6 Å². The minimum absolute atomic E-state index is 0.0431. The van der Waals surface area contributed by atoms with Gasteiger partial charge in [-0.2, -0.15) is 0 Å². The highest BCUT2D eigenvalue weighted by Gasteiger charge is 2.25. The van der Waals surface area contributed by atoms with Gasteiger partial charge in [-0.1, -0.05) is 42.1 Å². The molecule has 1 aromatic heterocycles. The Hall–Kier alpha value is -3.40. The lowest BCUT2D eigenvalue weighted by Gasteiger charge is -2.34. The molecule has 172 valence electrons. The molecule has 0 spiro atoms. The van der Waals surface area contributed by atoms with Gasteiger partial charge in [0.25, 0.3) is 0 Å². The number of halogens is 1. The maximum absolute atomic E-state index is 13.5. The molecule has 0 radical (unpaired) electrons. The van der Waals surface area contributed by atoms with Crippen LogP contribution in [0.25, 0.3) is 17.1 Å². The lowest BCUT2D eigenvalue weighted by molar-refractivity contribution is -0.129. The van der Waals surface area contributed by atoms with Crippen molar-refractivity contribution in [1.82, 2.24) is 24.6 Å². The molecule has 0 aliphatic carbocycles.